The van der Waals surface area contributed by atoms with Crippen LogP contribution in [0, 0.1) is 17.5 Å². The molecular weight excluding hydrogens is 375 g/mol. The summed E-state index contributed by atoms with van der Waals surface area (Å²) in [5.41, 5.74) is 5.75. The van der Waals surface area contributed by atoms with Crippen molar-refractivity contribution in [2.24, 2.45) is 5.73 Å². The van der Waals surface area contributed by atoms with Gasteiger partial charge in [-0.25, -0.2) is 13.2 Å². The number of hydrogen-bond donors (Lipinski definition) is 2. The molecule has 1 fully saturated rings. The molecule has 6 nitrogen and oxygen atoms in total. The zero-order chi connectivity index (χ0) is 18.6. The van der Waals surface area contributed by atoms with Crippen molar-refractivity contribution in [1.29, 1.82) is 0 Å². The summed E-state index contributed by atoms with van der Waals surface area (Å²) in [5.74, 6) is -4.08. The van der Waals surface area contributed by atoms with Gasteiger partial charge in [0.2, 0.25) is 11.8 Å². The van der Waals surface area contributed by atoms with E-state index in [-0.39, 0.29) is 49.2 Å². The van der Waals surface area contributed by atoms with Gasteiger partial charge in [0.05, 0.1) is 6.61 Å². The molecule has 146 valence electrons. The Balaban J connectivity index is 0.00000338. The van der Waals surface area contributed by atoms with Crippen molar-refractivity contribution < 1.29 is 27.5 Å². The fourth-order valence-electron chi connectivity index (χ4n) is 2.75. The number of rotatable bonds is 6. The summed E-state index contributed by atoms with van der Waals surface area (Å²) in [6, 6.07) is -0.377. The normalized spacial score (nSPS) is 18.1. The third-order valence-electron chi connectivity index (χ3n) is 3.98. The van der Waals surface area contributed by atoms with Gasteiger partial charge in [0.1, 0.15) is 11.9 Å². The average molecular weight is 396 g/mol. The lowest BCUT2D eigenvalue weighted by Crippen LogP contribution is -2.59. The highest BCUT2D eigenvalue weighted by Crippen LogP contribution is 2.16. The molecule has 1 aromatic carbocycles. The molecule has 2 atom stereocenters. The minimum Gasteiger partial charge on any atom is -0.382 e. The molecule has 0 aliphatic carbocycles. The van der Waals surface area contributed by atoms with E-state index in [2.05, 4.69) is 5.32 Å². The number of amides is 2. The van der Waals surface area contributed by atoms with Gasteiger partial charge in [-0.15, -0.1) is 12.4 Å². The number of ether oxygens (including phenoxy) is 1. The maximum absolute atomic E-state index is 13.7. The number of hydrogen-bond acceptors (Lipinski definition) is 4. The molecule has 0 spiro atoms. The lowest BCUT2D eigenvalue weighted by Gasteiger charge is -2.35. The van der Waals surface area contributed by atoms with Gasteiger partial charge in [0, 0.05) is 38.7 Å². The van der Waals surface area contributed by atoms with E-state index in [0.29, 0.717) is 19.2 Å². The minimum atomic E-state index is -1.28. The van der Waals surface area contributed by atoms with Crippen LogP contribution < -0.4 is 11.1 Å². The quantitative estimate of drug-likeness (QED) is 0.696. The van der Waals surface area contributed by atoms with E-state index in [1.807, 2.05) is 0 Å². The van der Waals surface area contributed by atoms with Gasteiger partial charge in [-0.05, 0) is 18.1 Å². The second kappa shape index (κ2) is 9.75. The van der Waals surface area contributed by atoms with Crippen molar-refractivity contribution in [3.05, 3.63) is 35.1 Å². The summed E-state index contributed by atoms with van der Waals surface area (Å²) >= 11 is 0. The Morgan fingerprint density at radius 2 is 2.00 bits per heavy atom. The zero-order valence-electron chi connectivity index (χ0n) is 14.1. The smallest absolute Gasteiger partial charge is 0.245 e. The number of piperazine rings is 1. The van der Waals surface area contributed by atoms with Crippen molar-refractivity contribution in [3.63, 3.8) is 0 Å². The first kappa shape index (κ1) is 22.2. The largest absolute Gasteiger partial charge is 0.382 e. The summed E-state index contributed by atoms with van der Waals surface area (Å²) < 4.78 is 44.8. The number of methoxy groups -OCH3 is 1. The van der Waals surface area contributed by atoms with Gasteiger partial charge in [0.15, 0.2) is 11.6 Å². The van der Waals surface area contributed by atoms with Gasteiger partial charge >= 0.3 is 0 Å². The second-order valence-electron chi connectivity index (χ2n) is 5.88. The number of nitrogens with one attached hydrogen (secondary N) is 1. The van der Waals surface area contributed by atoms with Crippen LogP contribution in [0.2, 0.25) is 0 Å². The molecule has 0 bridgehead atoms. The highest BCUT2D eigenvalue weighted by Gasteiger charge is 2.33. The number of halogens is 4. The SMILES string of the molecule is COCC1C(=O)NCCN1C(=O)CC(N)Cc1cc(F)c(F)cc1F.Cl. The number of nitrogens with two attached hydrogens (primary N) is 1. The Labute approximate surface area is 155 Å². The summed E-state index contributed by atoms with van der Waals surface area (Å²) in [6.45, 7) is 0.674. The Hall–Kier alpha value is -1.84. The third kappa shape index (κ3) is 5.33. The zero-order valence-corrected chi connectivity index (χ0v) is 15.0. The highest BCUT2D eigenvalue weighted by atomic mass is 35.5. The molecule has 3 N–H and O–H groups in total. The van der Waals surface area contributed by atoms with Crippen molar-refractivity contribution in [1.82, 2.24) is 10.2 Å². The van der Waals surface area contributed by atoms with E-state index in [9.17, 15) is 22.8 Å². The number of carbonyl (C=O) groups excluding carboxylic acids is 2. The van der Waals surface area contributed by atoms with Crippen molar-refractivity contribution in [2.75, 3.05) is 26.8 Å². The Morgan fingerprint density at radius 3 is 2.65 bits per heavy atom. The predicted octanol–water partition coefficient (Wildman–Crippen LogP) is 0.759. The van der Waals surface area contributed by atoms with Crippen LogP contribution in [0.25, 0.3) is 0 Å². The third-order valence-corrected chi connectivity index (χ3v) is 3.98. The Bertz CT molecular complexity index is 663. The van der Waals surface area contributed by atoms with E-state index in [1.54, 1.807) is 0 Å². The van der Waals surface area contributed by atoms with Gasteiger partial charge in [-0.2, -0.15) is 0 Å². The molecule has 26 heavy (non-hydrogen) atoms. The lowest BCUT2D eigenvalue weighted by molar-refractivity contribution is -0.145. The molecule has 10 heteroatoms. The number of benzene rings is 1. The first-order valence-corrected chi connectivity index (χ1v) is 7.78. The second-order valence-corrected chi connectivity index (χ2v) is 5.88. The molecule has 2 amide bonds. The van der Waals surface area contributed by atoms with Crippen LogP contribution in [0.1, 0.15) is 12.0 Å². The van der Waals surface area contributed by atoms with Crippen molar-refractivity contribution in [3.8, 4) is 0 Å². The van der Waals surface area contributed by atoms with Gasteiger partial charge in [0.25, 0.3) is 0 Å². The summed E-state index contributed by atoms with van der Waals surface area (Å²) in [7, 11) is 1.42. The molecule has 0 aromatic heterocycles. The van der Waals surface area contributed by atoms with Gasteiger partial charge in [-0.1, -0.05) is 0 Å². The number of nitrogens with zero attached hydrogens (tertiary/aromatic N) is 1. The molecule has 1 aliphatic rings. The monoisotopic (exact) mass is 395 g/mol. The van der Waals surface area contributed by atoms with Crippen LogP contribution in [0.3, 0.4) is 0 Å². The summed E-state index contributed by atoms with van der Waals surface area (Å²) in [4.78, 5) is 25.6. The maximum atomic E-state index is 13.7. The minimum absolute atomic E-state index is 0. The van der Waals surface area contributed by atoms with Gasteiger partial charge in [-0.3, -0.25) is 9.59 Å². The standard InChI is InChI=1S/C16H20F3N3O3.ClH/c1-25-8-14-16(24)21-2-3-22(14)15(23)6-10(20)4-9-5-12(18)13(19)7-11(9)17;/h5,7,10,14H,2-4,6,8,20H2,1H3,(H,21,24);1H. The van der Waals surface area contributed by atoms with Crippen molar-refractivity contribution >= 4 is 24.2 Å². The van der Waals surface area contributed by atoms with Crippen molar-refractivity contribution in [2.45, 2.75) is 24.9 Å². The molecule has 0 saturated carbocycles. The molecule has 2 unspecified atom stereocenters. The fraction of sp³-hybridized carbons (Fsp3) is 0.500. The van der Waals surface area contributed by atoms with E-state index in [0.717, 1.165) is 6.07 Å². The van der Waals surface area contributed by atoms with Crippen LogP contribution in [0.15, 0.2) is 12.1 Å². The van der Waals surface area contributed by atoms with Crippen LogP contribution in [0.4, 0.5) is 13.2 Å². The van der Waals surface area contributed by atoms with Gasteiger partial charge < -0.3 is 20.7 Å². The maximum Gasteiger partial charge on any atom is 0.245 e. The van der Waals surface area contributed by atoms with E-state index in [4.69, 9.17) is 10.5 Å². The fourth-order valence-corrected chi connectivity index (χ4v) is 2.75. The Morgan fingerprint density at radius 1 is 1.35 bits per heavy atom. The van der Waals surface area contributed by atoms with Crippen LogP contribution in [0.5, 0.6) is 0 Å². The molecule has 1 aliphatic heterocycles. The Kier molecular flexibility index (Phi) is 8.32. The molecule has 0 radical (unpaired) electrons. The van der Waals surface area contributed by atoms with Crippen LogP contribution in [-0.2, 0) is 20.7 Å². The van der Waals surface area contributed by atoms with Crippen LogP contribution >= 0.6 is 12.4 Å². The lowest BCUT2D eigenvalue weighted by atomic mass is 10.0. The summed E-state index contributed by atoms with van der Waals surface area (Å²) in [6.07, 6.45) is -0.296. The molecule has 2 rings (SSSR count). The summed E-state index contributed by atoms with van der Waals surface area (Å²) in [5, 5.41) is 2.64. The molecule has 1 aromatic rings. The first-order valence-electron chi connectivity index (χ1n) is 7.78. The van der Waals surface area contributed by atoms with E-state index < -0.39 is 29.5 Å². The topological polar surface area (TPSA) is 84.7 Å². The first-order chi connectivity index (χ1) is 11.8. The highest BCUT2D eigenvalue weighted by molar-refractivity contribution is 5.89. The average Bonchev–Trinajstić information content (AvgIpc) is 2.54. The molecule has 1 heterocycles. The van der Waals surface area contributed by atoms with Crippen LogP contribution in [-0.4, -0.2) is 55.6 Å². The van der Waals surface area contributed by atoms with E-state index in [1.165, 1.54) is 12.0 Å². The molecular formula is C16H21ClF3N3O3. The molecule has 1 saturated heterocycles. The number of carbonyl (C=O) groups is 2. The van der Waals surface area contributed by atoms with E-state index >= 15 is 0 Å². The predicted molar refractivity (Wildman–Crippen MR) is 90.2 cm³/mol.